The third-order valence-corrected chi connectivity index (χ3v) is 4.88. The SMILES string of the molecule is [B]C(C=C)(OCC)c1ccc2c3ccccc3c3ccccc3c2c1. The van der Waals surface area contributed by atoms with Gasteiger partial charge in [-0.2, -0.15) is 0 Å². The fourth-order valence-electron chi connectivity index (χ4n) is 3.65. The maximum Gasteiger partial charge on any atom is 0.126 e. The first-order valence-corrected chi connectivity index (χ1v) is 8.58. The molecule has 4 rings (SSSR count). The first-order valence-electron chi connectivity index (χ1n) is 8.58. The highest BCUT2D eigenvalue weighted by Gasteiger charge is 2.23. The van der Waals surface area contributed by atoms with Crippen LogP contribution >= 0.6 is 0 Å². The molecule has 0 saturated heterocycles. The van der Waals surface area contributed by atoms with Gasteiger partial charge < -0.3 is 4.74 Å². The van der Waals surface area contributed by atoms with Gasteiger partial charge >= 0.3 is 0 Å². The minimum absolute atomic E-state index is 0.527. The largest absolute Gasteiger partial charge is 0.377 e. The summed E-state index contributed by atoms with van der Waals surface area (Å²) in [6.45, 7) is 6.34. The maximum absolute atomic E-state index is 6.44. The second-order valence-electron chi connectivity index (χ2n) is 6.28. The van der Waals surface area contributed by atoms with Crippen LogP contribution in [0.15, 0.2) is 79.4 Å². The molecule has 0 bridgehead atoms. The normalized spacial score (nSPS) is 14.0. The number of ether oxygens (including phenoxy) is 1. The second-order valence-corrected chi connectivity index (χ2v) is 6.28. The molecule has 4 aromatic carbocycles. The van der Waals surface area contributed by atoms with Gasteiger partial charge in [0.1, 0.15) is 7.85 Å². The van der Waals surface area contributed by atoms with Crippen molar-refractivity contribution in [3.63, 3.8) is 0 Å². The van der Waals surface area contributed by atoms with E-state index in [0.717, 1.165) is 5.56 Å². The van der Waals surface area contributed by atoms with Gasteiger partial charge in [-0.05, 0) is 50.9 Å². The van der Waals surface area contributed by atoms with Gasteiger partial charge in [-0.15, -0.1) is 6.58 Å². The Hall–Kier alpha value is -2.58. The molecule has 4 aromatic rings. The van der Waals surface area contributed by atoms with Crippen LogP contribution in [0.5, 0.6) is 0 Å². The van der Waals surface area contributed by atoms with Gasteiger partial charge in [-0.25, -0.2) is 0 Å². The van der Waals surface area contributed by atoms with E-state index in [4.69, 9.17) is 12.6 Å². The number of hydrogen-bond acceptors (Lipinski definition) is 1. The fourth-order valence-corrected chi connectivity index (χ4v) is 3.65. The highest BCUT2D eigenvalue weighted by molar-refractivity contribution is 6.25. The molecular formula is C23H19BO. The number of rotatable bonds is 4. The molecule has 120 valence electrons. The Bertz CT molecular complexity index is 1060. The van der Waals surface area contributed by atoms with Gasteiger partial charge in [0.2, 0.25) is 0 Å². The van der Waals surface area contributed by atoms with Crippen LogP contribution in [-0.4, -0.2) is 14.5 Å². The highest BCUT2D eigenvalue weighted by atomic mass is 16.5. The smallest absolute Gasteiger partial charge is 0.126 e. The quantitative estimate of drug-likeness (QED) is 0.266. The zero-order valence-corrected chi connectivity index (χ0v) is 14.3. The number of benzene rings is 4. The van der Waals surface area contributed by atoms with Gasteiger partial charge in [0, 0.05) is 6.61 Å². The predicted molar refractivity (Wildman–Crippen MR) is 108 cm³/mol. The van der Waals surface area contributed by atoms with Crippen molar-refractivity contribution in [2.75, 3.05) is 6.61 Å². The first kappa shape index (κ1) is 15.9. The molecule has 2 heteroatoms. The molecule has 0 heterocycles. The Morgan fingerprint density at radius 2 is 1.32 bits per heavy atom. The van der Waals surface area contributed by atoms with Crippen LogP contribution in [0.3, 0.4) is 0 Å². The molecule has 0 amide bonds. The van der Waals surface area contributed by atoms with E-state index in [0.29, 0.717) is 6.61 Å². The van der Waals surface area contributed by atoms with Crippen LogP contribution in [0.4, 0.5) is 0 Å². The van der Waals surface area contributed by atoms with Crippen LogP contribution in [0.2, 0.25) is 0 Å². The van der Waals surface area contributed by atoms with Crippen molar-refractivity contribution in [2.45, 2.75) is 12.4 Å². The summed E-state index contributed by atoms with van der Waals surface area (Å²) >= 11 is 0. The summed E-state index contributed by atoms with van der Waals surface area (Å²) in [6, 6.07) is 23.4. The van der Waals surface area contributed by atoms with Crippen molar-refractivity contribution in [2.24, 2.45) is 0 Å². The van der Waals surface area contributed by atoms with Crippen molar-refractivity contribution < 1.29 is 4.74 Å². The zero-order valence-electron chi connectivity index (χ0n) is 14.3. The van der Waals surface area contributed by atoms with Crippen LogP contribution in [-0.2, 0) is 10.2 Å². The lowest BCUT2D eigenvalue weighted by Gasteiger charge is -2.27. The summed E-state index contributed by atoms with van der Waals surface area (Å²) in [4.78, 5) is 0. The third-order valence-electron chi connectivity index (χ3n) is 4.88. The van der Waals surface area contributed by atoms with E-state index >= 15 is 0 Å². The monoisotopic (exact) mass is 322 g/mol. The summed E-state index contributed by atoms with van der Waals surface area (Å²) in [7, 11) is 6.44. The first-order chi connectivity index (χ1) is 12.2. The third kappa shape index (κ3) is 2.45. The van der Waals surface area contributed by atoms with E-state index in [9.17, 15) is 0 Å². The van der Waals surface area contributed by atoms with E-state index in [-0.39, 0.29) is 0 Å². The summed E-state index contributed by atoms with van der Waals surface area (Å²) < 4.78 is 5.77. The molecule has 0 saturated carbocycles. The lowest BCUT2D eigenvalue weighted by Crippen LogP contribution is -2.27. The number of hydrogen-bond donors (Lipinski definition) is 0. The Labute approximate surface area is 149 Å². The zero-order chi connectivity index (χ0) is 17.4. The molecule has 0 aliphatic heterocycles. The van der Waals surface area contributed by atoms with E-state index in [1.54, 1.807) is 6.08 Å². The number of fused-ring (bicyclic) bond motifs is 6. The minimum Gasteiger partial charge on any atom is -0.377 e. The van der Waals surface area contributed by atoms with Crippen LogP contribution in [0, 0.1) is 0 Å². The van der Waals surface area contributed by atoms with Gasteiger partial charge in [-0.1, -0.05) is 66.7 Å². The van der Waals surface area contributed by atoms with Gasteiger partial charge in [0.15, 0.2) is 0 Å². The van der Waals surface area contributed by atoms with Crippen molar-refractivity contribution >= 4 is 40.2 Å². The average molecular weight is 322 g/mol. The van der Waals surface area contributed by atoms with Crippen LogP contribution < -0.4 is 0 Å². The molecule has 1 nitrogen and oxygen atoms in total. The summed E-state index contributed by atoms with van der Waals surface area (Å²) in [5, 5.41) is 7.40. The Morgan fingerprint density at radius 3 is 1.80 bits per heavy atom. The molecule has 0 fully saturated rings. The summed E-state index contributed by atoms with van der Waals surface area (Å²) in [5.74, 6) is 0. The molecule has 1 atom stereocenters. The molecule has 0 N–H and O–H groups in total. The molecular weight excluding hydrogens is 303 g/mol. The van der Waals surface area contributed by atoms with Gasteiger partial charge in [0.25, 0.3) is 0 Å². The topological polar surface area (TPSA) is 9.23 Å². The molecule has 2 radical (unpaired) electrons. The van der Waals surface area contributed by atoms with Crippen molar-refractivity contribution in [1.82, 2.24) is 0 Å². The molecule has 0 aliphatic rings. The predicted octanol–water partition coefficient (Wildman–Crippen LogP) is 5.69. The van der Waals surface area contributed by atoms with E-state index in [1.165, 1.54) is 32.3 Å². The van der Waals surface area contributed by atoms with Crippen molar-refractivity contribution in [3.8, 4) is 0 Å². The lowest BCUT2D eigenvalue weighted by atomic mass is 9.74. The molecule has 0 aliphatic carbocycles. The van der Waals surface area contributed by atoms with Crippen molar-refractivity contribution in [3.05, 3.63) is 84.9 Å². The summed E-state index contributed by atoms with van der Waals surface area (Å²) in [6.07, 6.45) is 1.67. The standard InChI is InChI=1S/C23H19BO/c1-3-23(24,25-4-2)16-13-14-21-19-11-6-5-9-17(19)18-10-7-8-12-20(18)22(21)15-16/h3,5-15H,1,4H2,2H3. The molecule has 25 heavy (non-hydrogen) atoms. The second kappa shape index (κ2) is 6.05. The van der Waals surface area contributed by atoms with Gasteiger partial charge in [-0.3, -0.25) is 0 Å². The minimum atomic E-state index is -0.976. The Morgan fingerprint density at radius 1 is 0.840 bits per heavy atom. The molecule has 0 aromatic heterocycles. The lowest BCUT2D eigenvalue weighted by molar-refractivity contribution is 0.0616. The van der Waals surface area contributed by atoms with Gasteiger partial charge in [0.05, 0.1) is 5.50 Å². The molecule has 0 spiro atoms. The van der Waals surface area contributed by atoms with Crippen molar-refractivity contribution in [1.29, 1.82) is 0 Å². The fraction of sp³-hybridized carbons (Fsp3) is 0.130. The van der Waals surface area contributed by atoms with E-state index in [2.05, 4.69) is 67.2 Å². The highest BCUT2D eigenvalue weighted by Crippen LogP contribution is 2.37. The van der Waals surface area contributed by atoms with E-state index < -0.39 is 5.50 Å². The Balaban J connectivity index is 2.13. The van der Waals surface area contributed by atoms with E-state index in [1.807, 2.05) is 13.0 Å². The van der Waals surface area contributed by atoms with Crippen LogP contribution in [0.25, 0.3) is 32.3 Å². The molecule has 1 unspecified atom stereocenters. The summed E-state index contributed by atoms with van der Waals surface area (Å²) in [5.41, 5.74) is -0.0623. The Kier molecular flexibility index (Phi) is 3.86. The average Bonchev–Trinajstić information content (AvgIpc) is 2.68. The van der Waals surface area contributed by atoms with Crippen LogP contribution in [0.1, 0.15) is 12.5 Å². The maximum atomic E-state index is 6.44.